The molecule has 1 saturated carbocycles. The molecule has 1 fully saturated rings. The molecule has 4 rings (SSSR count). The van der Waals surface area contributed by atoms with Crippen LogP contribution in [0.2, 0.25) is 0 Å². The maximum Gasteiger partial charge on any atom is 0.344 e. The zero-order valence-electron chi connectivity index (χ0n) is 19.6. The van der Waals surface area contributed by atoms with E-state index in [4.69, 9.17) is 15.2 Å². The van der Waals surface area contributed by atoms with Gasteiger partial charge >= 0.3 is 5.97 Å². The number of ether oxygens (including phenoxy) is 2. The zero-order chi connectivity index (χ0) is 25.3. The number of nitrogens with one attached hydrogen (secondary N) is 1. The Morgan fingerprint density at radius 2 is 1.97 bits per heavy atom. The first-order valence-electron chi connectivity index (χ1n) is 11.1. The molecule has 0 unspecified atom stereocenters. The molecule has 1 aromatic carbocycles. The number of amides is 1. The van der Waals surface area contributed by atoms with E-state index in [9.17, 15) is 19.8 Å². The van der Waals surface area contributed by atoms with Gasteiger partial charge < -0.3 is 35.3 Å². The van der Waals surface area contributed by atoms with Crippen molar-refractivity contribution in [1.82, 2.24) is 24.8 Å². The highest BCUT2D eigenvalue weighted by Gasteiger charge is 2.43. The summed E-state index contributed by atoms with van der Waals surface area (Å²) >= 11 is 0. The number of hydrogen-bond donors (Lipinski definition) is 4. The summed E-state index contributed by atoms with van der Waals surface area (Å²) in [7, 11) is 0. The fourth-order valence-corrected chi connectivity index (χ4v) is 4.03. The fourth-order valence-electron chi connectivity index (χ4n) is 4.03. The summed E-state index contributed by atoms with van der Waals surface area (Å²) < 4.78 is 12.3. The highest BCUT2D eigenvalue weighted by molar-refractivity contribution is 5.94. The molecule has 0 saturated heterocycles. The number of fused-ring (bicyclic) bond motifs is 1. The second-order valence-corrected chi connectivity index (χ2v) is 9.35. The number of nitrogen functional groups attached to an aromatic ring is 1. The quantitative estimate of drug-likeness (QED) is 0.362. The smallest absolute Gasteiger partial charge is 0.344 e. The molecule has 1 amide bonds. The second kappa shape index (κ2) is 9.47. The molecule has 186 valence electrons. The third-order valence-electron chi connectivity index (χ3n) is 5.59. The van der Waals surface area contributed by atoms with Gasteiger partial charge in [0.15, 0.2) is 18.1 Å². The lowest BCUT2D eigenvalue weighted by molar-refractivity contribution is -0.157. The molecule has 1 aliphatic carbocycles. The first-order valence-corrected chi connectivity index (χ1v) is 11.1. The SMILES string of the molecule is CC(C)(C)OC(=O)COc1cccc(C(=O)N[C@@H]2C[C@H](n3cnc4c(N)ncnc43)[C@H](O)[C@@H]2O)c1. The number of imidazole rings is 1. The van der Waals surface area contributed by atoms with Crippen LogP contribution >= 0.6 is 0 Å². The molecule has 1 aliphatic rings. The predicted octanol–water partition coefficient (Wildman–Crippen LogP) is 0.594. The molecule has 3 aromatic rings. The summed E-state index contributed by atoms with van der Waals surface area (Å²) in [4.78, 5) is 37.0. The number of benzene rings is 1. The van der Waals surface area contributed by atoms with Crippen molar-refractivity contribution in [1.29, 1.82) is 0 Å². The number of carbonyl (C=O) groups excluding carboxylic acids is 2. The van der Waals surface area contributed by atoms with Crippen molar-refractivity contribution >= 4 is 28.9 Å². The topological polar surface area (TPSA) is 175 Å². The maximum absolute atomic E-state index is 12.9. The minimum atomic E-state index is -1.22. The number of esters is 1. The van der Waals surface area contributed by atoms with Crippen LogP contribution in [0.5, 0.6) is 5.75 Å². The molecule has 2 aromatic heterocycles. The minimum Gasteiger partial charge on any atom is -0.482 e. The van der Waals surface area contributed by atoms with Crippen molar-refractivity contribution in [2.24, 2.45) is 0 Å². The van der Waals surface area contributed by atoms with E-state index in [2.05, 4.69) is 20.3 Å². The Balaban J connectivity index is 1.42. The molecule has 0 aliphatic heterocycles. The first-order chi connectivity index (χ1) is 16.5. The van der Waals surface area contributed by atoms with Gasteiger partial charge in [-0.2, -0.15) is 0 Å². The highest BCUT2D eigenvalue weighted by Crippen LogP contribution is 2.33. The van der Waals surface area contributed by atoms with Crippen molar-refractivity contribution < 1.29 is 29.3 Å². The Morgan fingerprint density at radius 1 is 1.20 bits per heavy atom. The number of hydrogen-bond acceptors (Lipinski definition) is 10. The van der Waals surface area contributed by atoms with Crippen molar-refractivity contribution in [2.75, 3.05) is 12.3 Å². The summed E-state index contributed by atoms with van der Waals surface area (Å²) in [6, 6.07) is 4.97. The van der Waals surface area contributed by atoms with Gasteiger partial charge in [0, 0.05) is 5.56 Å². The standard InChI is InChI=1S/C23H28N6O6/c1-23(2,3)35-16(30)9-34-13-6-4-5-12(7-13)22(33)28-14-8-15(19(32)18(14)31)29-11-27-17-20(24)25-10-26-21(17)29/h4-7,10-11,14-15,18-19,31-32H,8-9H2,1-3H3,(H,28,33)(H2,24,25,26)/t14-,15+,18-,19+/m1/s1. The number of nitrogens with two attached hydrogens (primary N) is 1. The van der Waals surface area contributed by atoms with Crippen LogP contribution in [0.4, 0.5) is 5.82 Å². The van der Waals surface area contributed by atoms with Crippen LogP contribution in [0.15, 0.2) is 36.9 Å². The largest absolute Gasteiger partial charge is 0.482 e. The van der Waals surface area contributed by atoms with Crippen molar-refractivity contribution in [2.45, 2.75) is 57.1 Å². The van der Waals surface area contributed by atoms with Gasteiger partial charge in [-0.1, -0.05) is 6.07 Å². The van der Waals surface area contributed by atoms with Crippen LogP contribution in [0.1, 0.15) is 43.6 Å². The van der Waals surface area contributed by atoms with E-state index in [-0.39, 0.29) is 24.4 Å². The maximum atomic E-state index is 12.9. The lowest BCUT2D eigenvalue weighted by Crippen LogP contribution is -2.43. The van der Waals surface area contributed by atoms with E-state index in [1.165, 1.54) is 18.7 Å². The summed E-state index contributed by atoms with van der Waals surface area (Å²) in [5.74, 6) is -0.469. The van der Waals surface area contributed by atoms with E-state index in [0.717, 1.165) is 0 Å². The van der Waals surface area contributed by atoms with Gasteiger partial charge in [-0.25, -0.2) is 19.7 Å². The number of aliphatic hydroxyl groups excluding tert-OH is 2. The number of aliphatic hydroxyl groups is 2. The minimum absolute atomic E-state index is 0.209. The second-order valence-electron chi connectivity index (χ2n) is 9.35. The number of carbonyl (C=O) groups is 2. The number of aromatic nitrogens is 4. The molecule has 4 atom stereocenters. The lowest BCUT2D eigenvalue weighted by atomic mass is 10.1. The summed E-state index contributed by atoms with van der Waals surface area (Å²) in [6.45, 7) is 4.97. The molecule has 0 bridgehead atoms. The van der Waals surface area contributed by atoms with Crippen LogP contribution in [-0.4, -0.2) is 72.1 Å². The van der Waals surface area contributed by atoms with Gasteiger partial charge in [-0.3, -0.25) is 4.79 Å². The van der Waals surface area contributed by atoms with Gasteiger partial charge in [0.1, 0.15) is 35.4 Å². The van der Waals surface area contributed by atoms with Gasteiger partial charge in [0.25, 0.3) is 5.91 Å². The number of rotatable bonds is 6. The first kappa shape index (κ1) is 24.4. The Bertz CT molecular complexity index is 1240. The summed E-state index contributed by atoms with van der Waals surface area (Å²) in [6.07, 6.45) is 0.624. The third kappa shape index (κ3) is 5.33. The van der Waals surface area contributed by atoms with E-state index >= 15 is 0 Å². The normalized spacial score (nSPS) is 22.2. The van der Waals surface area contributed by atoms with E-state index < -0.39 is 41.8 Å². The van der Waals surface area contributed by atoms with Crippen LogP contribution in [0, 0.1) is 0 Å². The van der Waals surface area contributed by atoms with E-state index in [1.807, 2.05) is 0 Å². The highest BCUT2D eigenvalue weighted by atomic mass is 16.6. The Kier molecular flexibility index (Phi) is 6.59. The lowest BCUT2D eigenvalue weighted by Gasteiger charge is -2.19. The number of anilines is 1. The summed E-state index contributed by atoms with van der Waals surface area (Å²) in [5, 5.41) is 24.0. The molecule has 35 heavy (non-hydrogen) atoms. The molecular weight excluding hydrogens is 456 g/mol. The average molecular weight is 485 g/mol. The Morgan fingerprint density at radius 3 is 2.71 bits per heavy atom. The zero-order valence-corrected chi connectivity index (χ0v) is 19.6. The molecule has 5 N–H and O–H groups in total. The molecule has 2 heterocycles. The monoisotopic (exact) mass is 484 g/mol. The van der Waals surface area contributed by atoms with E-state index in [0.29, 0.717) is 16.9 Å². The molecule has 12 heteroatoms. The summed E-state index contributed by atoms with van der Waals surface area (Å²) in [5.41, 5.74) is 6.29. The van der Waals surface area contributed by atoms with Crippen LogP contribution in [0.3, 0.4) is 0 Å². The Hall–Kier alpha value is -3.77. The molecule has 0 spiro atoms. The van der Waals surface area contributed by atoms with Gasteiger partial charge in [-0.05, 0) is 45.4 Å². The van der Waals surface area contributed by atoms with Crippen molar-refractivity contribution in [3.05, 3.63) is 42.5 Å². The van der Waals surface area contributed by atoms with E-state index in [1.54, 1.807) is 43.5 Å². The average Bonchev–Trinajstić information content (AvgIpc) is 3.34. The van der Waals surface area contributed by atoms with Gasteiger partial charge in [0.2, 0.25) is 0 Å². The molecule has 12 nitrogen and oxygen atoms in total. The Labute approximate surface area is 201 Å². The van der Waals surface area contributed by atoms with Crippen LogP contribution < -0.4 is 15.8 Å². The van der Waals surface area contributed by atoms with Crippen molar-refractivity contribution in [3.8, 4) is 5.75 Å². The molecular formula is C23H28N6O6. The third-order valence-corrected chi connectivity index (χ3v) is 5.59. The molecule has 0 radical (unpaired) electrons. The predicted molar refractivity (Wildman–Crippen MR) is 124 cm³/mol. The number of nitrogens with zero attached hydrogens (tertiary/aromatic N) is 4. The van der Waals surface area contributed by atoms with Gasteiger partial charge in [-0.15, -0.1) is 0 Å². The van der Waals surface area contributed by atoms with Gasteiger partial charge in [0.05, 0.1) is 18.4 Å². The fraction of sp³-hybridized carbons (Fsp3) is 0.435. The van der Waals surface area contributed by atoms with Crippen molar-refractivity contribution in [3.63, 3.8) is 0 Å². The van der Waals surface area contributed by atoms with Crippen LogP contribution in [0.25, 0.3) is 11.2 Å². The van der Waals surface area contributed by atoms with Crippen LogP contribution in [-0.2, 0) is 9.53 Å².